The lowest BCUT2D eigenvalue weighted by Gasteiger charge is -2.32. The Morgan fingerprint density at radius 2 is 1.94 bits per heavy atom. The third-order valence-electron chi connectivity index (χ3n) is 4.11. The summed E-state index contributed by atoms with van der Waals surface area (Å²) in [6.45, 7) is 9.06. The van der Waals surface area contributed by atoms with Gasteiger partial charge in [0.25, 0.3) is 0 Å². The highest BCUT2D eigenvalue weighted by atomic mass is 16.2. The molecule has 4 heteroatoms. The van der Waals surface area contributed by atoms with Crippen molar-refractivity contribution in [2.75, 3.05) is 6.54 Å². The van der Waals surface area contributed by atoms with E-state index in [1.165, 1.54) is 12.8 Å². The van der Waals surface area contributed by atoms with Crippen molar-refractivity contribution >= 4 is 5.91 Å². The van der Waals surface area contributed by atoms with Gasteiger partial charge in [-0.25, -0.2) is 0 Å². The van der Waals surface area contributed by atoms with Crippen LogP contribution in [0.5, 0.6) is 0 Å². The van der Waals surface area contributed by atoms with E-state index in [4.69, 9.17) is 5.73 Å². The van der Waals surface area contributed by atoms with Crippen molar-refractivity contribution in [1.82, 2.24) is 10.2 Å². The molecule has 0 radical (unpaired) electrons. The molecule has 4 atom stereocenters. The van der Waals surface area contributed by atoms with Gasteiger partial charge in [0.1, 0.15) is 0 Å². The molecular formula is C14H29N3O. The Hall–Kier alpha value is -0.610. The van der Waals surface area contributed by atoms with E-state index < -0.39 is 0 Å². The summed E-state index contributed by atoms with van der Waals surface area (Å²) in [4.78, 5) is 14.6. The molecule has 1 amide bonds. The van der Waals surface area contributed by atoms with Gasteiger partial charge in [0, 0.05) is 24.7 Å². The van der Waals surface area contributed by atoms with E-state index in [0.717, 1.165) is 12.8 Å². The molecule has 1 rings (SSSR count). The van der Waals surface area contributed by atoms with Crippen LogP contribution >= 0.6 is 0 Å². The van der Waals surface area contributed by atoms with E-state index in [2.05, 4.69) is 31.0 Å². The smallest absolute Gasteiger partial charge is 0.237 e. The molecule has 0 aliphatic carbocycles. The fourth-order valence-electron chi connectivity index (χ4n) is 3.03. The van der Waals surface area contributed by atoms with E-state index in [0.29, 0.717) is 18.6 Å². The topological polar surface area (TPSA) is 58.4 Å². The molecule has 1 heterocycles. The first-order valence-corrected chi connectivity index (χ1v) is 7.29. The standard InChI is InChI=1S/C14H29N3O/c1-5-6-13(9-15)16-14(18)12(4)17-10(2)7-8-11(17)3/h10-13H,5-9,15H2,1-4H3,(H,16,18). The Labute approximate surface area is 111 Å². The fraction of sp³-hybridized carbons (Fsp3) is 0.929. The van der Waals surface area contributed by atoms with E-state index in [1.807, 2.05) is 6.92 Å². The van der Waals surface area contributed by atoms with Gasteiger partial charge in [-0.05, 0) is 40.0 Å². The molecule has 4 nitrogen and oxygen atoms in total. The summed E-state index contributed by atoms with van der Waals surface area (Å²) in [6, 6.07) is 1.08. The summed E-state index contributed by atoms with van der Waals surface area (Å²) in [5, 5.41) is 3.08. The summed E-state index contributed by atoms with van der Waals surface area (Å²) in [5.41, 5.74) is 5.69. The van der Waals surface area contributed by atoms with Crippen molar-refractivity contribution in [3.05, 3.63) is 0 Å². The number of carbonyl (C=O) groups excluding carboxylic acids is 1. The normalized spacial score (nSPS) is 28.1. The maximum Gasteiger partial charge on any atom is 0.237 e. The lowest BCUT2D eigenvalue weighted by Crippen LogP contribution is -2.52. The lowest BCUT2D eigenvalue weighted by atomic mass is 10.1. The number of hydrogen-bond acceptors (Lipinski definition) is 3. The monoisotopic (exact) mass is 255 g/mol. The van der Waals surface area contributed by atoms with Crippen LogP contribution in [0.25, 0.3) is 0 Å². The molecule has 18 heavy (non-hydrogen) atoms. The first-order valence-electron chi connectivity index (χ1n) is 7.29. The summed E-state index contributed by atoms with van der Waals surface area (Å²) in [6.07, 6.45) is 4.38. The number of nitrogens with two attached hydrogens (primary N) is 1. The molecular weight excluding hydrogens is 226 g/mol. The molecule has 4 unspecified atom stereocenters. The first-order chi connectivity index (χ1) is 8.51. The van der Waals surface area contributed by atoms with Gasteiger partial charge in [0.05, 0.1) is 6.04 Å². The van der Waals surface area contributed by atoms with Crippen LogP contribution in [0.1, 0.15) is 53.4 Å². The van der Waals surface area contributed by atoms with Gasteiger partial charge in [-0.2, -0.15) is 0 Å². The molecule has 0 saturated carbocycles. The van der Waals surface area contributed by atoms with E-state index in [9.17, 15) is 4.79 Å². The van der Waals surface area contributed by atoms with E-state index >= 15 is 0 Å². The summed E-state index contributed by atoms with van der Waals surface area (Å²) >= 11 is 0. The van der Waals surface area contributed by atoms with Crippen LogP contribution in [0.15, 0.2) is 0 Å². The Bertz CT molecular complexity index is 260. The second-order valence-corrected chi connectivity index (χ2v) is 5.63. The SMILES string of the molecule is CCCC(CN)NC(=O)C(C)N1C(C)CCC1C. The highest BCUT2D eigenvalue weighted by Crippen LogP contribution is 2.25. The Kier molecular flexibility index (Phi) is 6.09. The molecule has 0 bridgehead atoms. The van der Waals surface area contributed by atoms with Crippen LogP contribution in [0.4, 0.5) is 0 Å². The van der Waals surface area contributed by atoms with Crippen LogP contribution in [0.3, 0.4) is 0 Å². The second kappa shape index (κ2) is 7.10. The molecule has 1 aliphatic heterocycles. The van der Waals surface area contributed by atoms with Crippen LogP contribution in [-0.4, -0.2) is 41.5 Å². The molecule has 0 spiro atoms. The number of carbonyl (C=O) groups is 1. The minimum absolute atomic E-state index is 0.0524. The molecule has 1 aliphatic rings. The number of hydrogen-bond donors (Lipinski definition) is 2. The number of likely N-dealkylation sites (tertiary alicyclic amines) is 1. The van der Waals surface area contributed by atoms with Gasteiger partial charge in [0.2, 0.25) is 5.91 Å². The zero-order chi connectivity index (χ0) is 13.7. The van der Waals surface area contributed by atoms with Crippen molar-refractivity contribution in [3.8, 4) is 0 Å². The molecule has 106 valence electrons. The second-order valence-electron chi connectivity index (χ2n) is 5.63. The summed E-state index contributed by atoms with van der Waals surface area (Å²) in [5.74, 6) is 0.125. The molecule has 0 aromatic carbocycles. The first kappa shape index (κ1) is 15.4. The zero-order valence-electron chi connectivity index (χ0n) is 12.3. The highest BCUT2D eigenvalue weighted by molar-refractivity contribution is 5.81. The summed E-state index contributed by atoms with van der Waals surface area (Å²) in [7, 11) is 0. The Morgan fingerprint density at radius 3 is 2.39 bits per heavy atom. The van der Waals surface area contributed by atoms with E-state index in [1.54, 1.807) is 0 Å². The average molecular weight is 255 g/mol. The largest absolute Gasteiger partial charge is 0.351 e. The predicted octanol–water partition coefficient (Wildman–Crippen LogP) is 1.49. The van der Waals surface area contributed by atoms with Crippen molar-refractivity contribution in [2.24, 2.45) is 5.73 Å². The molecule has 1 saturated heterocycles. The number of amides is 1. The third-order valence-corrected chi connectivity index (χ3v) is 4.11. The minimum atomic E-state index is -0.0524. The molecule has 1 fully saturated rings. The van der Waals surface area contributed by atoms with Crippen molar-refractivity contribution < 1.29 is 4.79 Å². The van der Waals surface area contributed by atoms with Gasteiger partial charge in [-0.1, -0.05) is 13.3 Å². The molecule has 3 N–H and O–H groups in total. The number of nitrogens with zero attached hydrogens (tertiary/aromatic N) is 1. The van der Waals surface area contributed by atoms with Crippen molar-refractivity contribution in [3.63, 3.8) is 0 Å². The number of nitrogens with one attached hydrogen (secondary N) is 1. The van der Waals surface area contributed by atoms with Crippen molar-refractivity contribution in [1.29, 1.82) is 0 Å². The van der Waals surface area contributed by atoms with Gasteiger partial charge < -0.3 is 11.1 Å². The minimum Gasteiger partial charge on any atom is -0.351 e. The zero-order valence-corrected chi connectivity index (χ0v) is 12.3. The van der Waals surface area contributed by atoms with Gasteiger partial charge in [0.15, 0.2) is 0 Å². The molecule has 0 aromatic rings. The summed E-state index contributed by atoms with van der Waals surface area (Å²) < 4.78 is 0. The fourth-order valence-corrected chi connectivity index (χ4v) is 3.03. The quantitative estimate of drug-likeness (QED) is 0.756. The van der Waals surface area contributed by atoms with Gasteiger partial charge in [-0.15, -0.1) is 0 Å². The number of rotatable bonds is 6. The highest BCUT2D eigenvalue weighted by Gasteiger charge is 2.34. The van der Waals surface area contributed by atoms with Crippen LogP contribution in [-0.2, 0) is 4.79 Å². The average Bonchev–Trinajstić information content (AvgIpc) is 2.67. The predicted molar refractivity (Wildman–Crippen MR) is 75.4 cm³/mol. The van der Waals surface area contributed by atoms with Crippen molar-refractivity contribution in [2.45, 2.75) is 77.5 Å². The Balaban J connectivity index is 2.54. The van der Waals surface area contributed by atoms with Crippen LogP contribution in [0, 0.1) is 0 Å². The van der Waals surface area contributed by atoms with Gasteiger partial charge in [-0.3, -0.25) is 9.69 Å². The maximum absolute atomic E-state index is 12.3. The molecule has 0 aromatic heterocycles. The van der Waals surface area contributed by atoms with Crippen LogP contribution < -0.4 is 11.1 Å². The van der Waals surface area contributed by atoms with Crippen LogP contribution in [0.2, 0.25) is 0 Å². The van der Waals surface area contributed by atoms with E-state index in [-0.39, 0.29) is 18.0 Å². The maximum atomic E-state index is 12.3. The third kappa shape index (κ3) is 3.69. The Morgan fingerprint density at radius 1 is 1.39 bits per heavy atom. The lowest BCUT2D eigenvalue weighted by molar-refractivity contribution is -0.127. The van der Waals surface area contributed by atoms with Gasteiger partial charge >= 0.3 is 0 Å².